The molecule has 1 fully saturated rings. The molecule has 84 valence electrons. The molecule has 3 atom stereocenters. The van der Waals surface area contributed by atoms with Crippen LogP contribution >= 0.6 is 27.3 Å². The van der Waals surface area contributed by atoms with Crippen molar-refractivity contribution in [2.24, 2.45) is 5.73 Å². The van der Waals surface area contributed by atoms with E-state index in [0.29, 0.717) is 6.10 Å². The molecule has 0 bridgehead atoms. The van der Waals surface area contributed by atoms with Gasteiger partial charge in [-0.2, -0.15) is 0 Å². The molecule has 3 unspecified atom stereocenters. The number of halogens is 1. The summed E-state index contributed by atoms with van der Waals surface area (Å²) in [5.74, 6) is 0. The summed E-state index contributed by atoms with van der Waals surface area (Å²) in [4.78, 5) is 1.33. The van der Waals surface area contributed by atoms with Gasteiger partial charge in [-0.05, 0) is 48.2 Å². The van der Waals surface area contributed by atoms with Crippen molar-refractivity contribution in [2.75, 3.05) is 0 Å². The smallest absolute Gasteiger partial charge is 0.0734 e. The van der Waals surface area contributed by atoms with E-state index in [1.807, 2.05) is 0 Å². The first-order chi connectivity index (χ1) is 7.15. The van der Waals surface area contributed by atoms with Gasteiger partial charge in [0.2, 0.25) is 0 Å². The van der Waals surface area contributed by atoms with E-state index >= 15 is 0 Å². The number of hydrogen-bond acceptors (Lipinski definition) is 3. The van der Waals surface area contributed by atoms with Gasteiger partial charge in [-0.1, -0.05) is 0 Å². The molecule has 1 aliphatic rings. The van der Waals surface area contributed by atoms with Crippen LogP contribution in [0.2, 0.25) is 0 Å². The second kappa shape index (κ2) is 4.95. The molecule has 4 heteroatoms. The Morgan fingerprint density at radius 1 is 1.67 bits per heavy atom. The molecule has 0 amide bonds. The third-order valence-electron chi connectivity index (χ3n) is 2.80. The molecule has 2 heterocycles. The minimum atomic E-state index is 0.139. The molecule has 0 radical (unpaired) electrons. The van der Waals surface area contributed by atoms with Gasteiger partial charge in [0, 0.05) is 20.8 Å². The topological polar surface area (TPSA) is 35.2 Å². The average molecular weight is 290 g/mol. The summed E-state index contributed by atoms with van der Waals surface area (Å²) in [5.41, 5.74) is 6.15. The van der Waals surface area contributed by atoms with Crippen molar-refractivity contribution >= 4 is 27.3 Å². The molecule has 0 aliphatic carbocycles. The maximum Gasteiger partial charge on any atom is 0.0734 e. The molecule has 2 N–H and O–H groups in total. The molecule has 2 rings (SSSR count). The molecular formula is C11H16BrNOS. The fourth-order valence-electron chi connectivity index (χ4n) is 1.97. The monoisotopic (exact) mass is 289 g/mol. The van der Waals surface area contributed by atoms with Crippen molar-refractivity contribution in [1.82, 2.24) is 0 Å². The highest BCUT2D eigenvalue weighted by atomic mass is 79.9. The predicted octanol–water partition coefficient (Wildman–Crippen LogP) is 2.95. The minimum Gasteiger partial charge on any atom is -0.374 e. The molecule has 15 heavy (non-hydrogen) atoms. The first-order valence-corrected chi connectivity index (χ1v) is 6.96. The molecule has 0 saturated carbocycles. The van der Waals surface area contributed by atoms with Gasteiger partial charge in [0.25, 0.3) is 0 Å². The zero-order valence-electron chi connectivity index (χ0n) is 8.78. The van der Waals surface area contributed by atoms with E-state index in [-0.39, 0.29) is 12.1 Å². The fraction of sp³-hybridized carbons (Fsp3) is 0.636. The molecule has 2 nitrogen and oxygen atoms in total. The lowest BCUT2D eigenvalue weighted by atomic mass is 10.0. The predicted molar refractivity (Wildman–Crippen MR) is 67.3 cm³/mol. The van der Waals surface area contributed by atoms with Crippen LogP contribution in [0.3, 0.4) is 0 Å². The zero-order chi connectivity index (χ0) is 10.8. The number of rotatable bonds is 3. The van der Waals surface area contributed by atoms with E-state index in [9.17, 15) is 0 Å². The van der Waals surface area contributed by atoms with E-state index in [2.05, 4.69) is 34.3 Å². The Balaban J connectivity index is 1.89. The Kier molecular flexibility index (Phi) is 3.83. The summed E-state index contributed by atoms with van der Waals surface area (Å²) >= 11 is 5.21. The molecule has 0 spiro atoms. The van der Waals surface area contributed by atoms with Crippen molar-refractivity contribution in [3.63, 3.8) is 0 Å². The Morgan fingerprint density at radius 3 is 3.00 bits per heavy atom. The largest absolute Gasteiger partial charge is 0.374 e. The van der Waals surface area contributed by atoms with Gasteiger partial charge in [0.15, 0.2) is 0 Å². The van der Waals surface area contributed by atoms with Gasteiger partial charge in [0.1, 0.15) is 0 Å². The average Bonchev–Trinajstić information content (AvgIpc) is 2.75. The first-order valence-electron chi connectivity index (χ1n) is 5.29. The van der Waals surface area contributed by atoms with E-state index in [1.165, 1.54) is 4.88 Å². The molecule has 1 saturated heterocycles. The third kappa shape index (κ3) is 3.03. The van der Waals surface area contributed by atoms with Crippen LogP contribution in [0.25, 0.3) is 0 Å². The van der Waals surface area contributed by atoms with Crippen LogP contribution in [0, 0.1) is 0 Å². The van der Waals surface area contributed by atoms with Crippen molar-refractivity contribution < 1.29 is 4.74 Å². The Morgan fingerprint density at radius 2 is 2.47 bits per heavy atom. The summed E-state index contributed by atoms with van der Waals surface area (Å²) in [6.07, 6.45) is 3.81. The number of hydrogen-bond donors (Lipinski definition) is 1. The van der Waals surface area contributed by atoms with Gasteiger partial charge in [0.05, 0.1) is 12.2 Å². The minimum absolute atomic E-state index is 0.139. The molecular weight excluding hydrogens is 274 g/mol. The third-order valence-corrected chi connectivity index (χ3v) is 4.52. The normalized spacial score (nSPS) is 28.2. The highest BCUT2D eigenvalue weighted by Crippen LogP contribution is 2.25. The maximum atomic E-state index is 6.15. The molecule has 1 aromatic rings. The lowest BCUT2D eigenvalue weighted by Crippen LogP contribution is -2.36. The summed E-state index contributed by atoms with van der Waals surface area (Å²) in [6.45, 7) is 2.12. The number of nitrogens with two attached hydrogens (primary N) is 1. The lowest BCUT2D eigenvalue weighted by molar-refractivity contribution is 0.0406. The van der Waals surface area contributed by atoms with Crippen molar-refractivity contribution in [2.45, 2.75) is 44.4 Å². The van der Waals surface area contributed by atoms with Crippen LogP contribution in [0.4, 0.5) is 0 Å². The van der Waals surface area contributed by atoms with Crippen LogP contribution in [0.15, 0.2) is 15.9 Å². The van der Waals surface area contributed by atoms with Crippen LogP contribution in [0.5, 0.6) is 0 Å². The van der Waals surface area contributed by atoms with E-state index < -0.39 is 0 Å². The second-order valence-corrected chi connectivity index (χ2v) is 6.07. The van der Waals surface area contributed by atoms with Crippen molar-refractivity contribution in [3.05, 3.63) is 20.8 Å². The van der Waals surface area contributed by atoms with E-state index in [4.69, 9.17) is 10.5 Å². The molecule has 1 aromatic heterocycles. The van der Waals surface area contributed by atoms with Gasteiger partial charge >= 0.3 is 0 Å². The fourth-order valence-corrected chi connectivity index (χ4v) is 3.50. The number of thiophene rings is 1. The van der Waals surface area contributed by atoms with Gasteiger partial charge in [-0.25, -0.2) is 0 Å². The lowest BCUT2D eigenvalue weighted by Gasteiger charge is -2.18. The van der Waals surface area contributed by atoms with Crippen LogP contribution in [-0.2, 0) is 11.2 Å². The highest BCUT2D eigenvalue weighted by molar-refractivity contribution is 9.10. The van der Waals surface area contributed by atoms with E-state index in [0.717, 1.165) is 23.7 Å². The summed E-state index contributed by atoms with van der Waals surface area (Å²) < 4.78 is 6.92. The van der Waals surface area contributed by atoms with E-state index in [1.54, 1.807) is 11.3 Å². The number of ether oxygens (including phenoxy) is 1. The quantitative estimate of drug-likeness (QED) is 0.929. The first kappa shape index (κ1) is 11.6. The maximum absolute atomic E-state index is 6.15. The van der Waals surface area contributed by atoms with Crippen molar-refractivity contribution in [1.29, 1.82) is 0 Å². The molecule has 0 aromatic carbocycles. The Bertz CT molecular complexity index is 328. The molecule has 1 aliphatic heterocycles. The van der Waals surface area contributed by atoms with Gasteiger partial charge < -0.3 is 10.5 Å². The summed E-state index contributed by atoms with van der Waals surface area (Å²) in [6, 6.07) is 2.28. The Hall–Kier alpha value is 0.1000. The zero-order valence-corrected chi connectivity index (χ0v) is 11.2. The van der Waals surface area contributed by atoms with Gasteiger partial charge in [-0.3, -0.25) is 0 Å². The van der Waals surface area contributed by atoms with Gasteiger partial charge in [-0.15, -0.1) is 11.3 Å². The van der Waals surface area contributed by atoms with Crippen molar-refractivity contribution in [3.8, 4) is 0 Å². The standard InChI is InChI=1S/C11H16BrNOS/c1-7-2-3-11(14-7)10(13)5-9-4-8(12)6-15-9/h4,6-7,10-11H,2-3,5,13H2,1H3. The van der Waals surface area contributed by atoms with Crippen LogP contribution < -0.4 is 5.73 Å². The summed E-state index contributed by atoms with van der Waals surface area (Å²) in [5, 5.41) is 2.10. The van der Waals surface area contributed by atoms with Crippen LogP contribution in [-0.4, -0.2) is 18.2 Å². The Labute approximate surface area is 103 Å². The van der Waals surface area contributed by atoms with Crippen LogP contribution in [0.1, 0.15) is 24.6 Å². The SMILES string of the molecule is CC1CCC(C(N)Cc2cc(Br)cs2)O1. The highest BCUT2D eigenvalue weighted by Gasteiger charge is 2.27. The second-order valence-electron chi connectivity index (χ2n) is 4.16. The summed E-state index contributed by atoms with van der Waals surface area (Å²) in [7, 11) is 0.